The van der Waals surface area contributed by atoms with Gasteiger partial charge in [0.15, 0.2) is 0 Å². The first-order chi connectivity index (χ1) is 28.0. The Morgan fingerprint density at radius 2 is 1.09 bits per heavy atom. The summed E-state index contributed by atoms with van der Waals surface area (Å²) >= 11 is 0. The van der Waals surface area contributed by atoms with E-state index in [1.807, 2.05) is 0 Å². The molecule has 0 aliphatic heterocycles. The van der Waals surface area contributed by atoms with E-state index in [9.17, 15) is 0 Å². The molecule has 0 radical (unpaired) electrons. The lowest BCUT2D eigenvalue weighted by molar-refractivity contribution is 0.666. The van der Waals surface area contributed by atoms with Crippen LogP contribution >= 0.6 is 0 Å². The first-order valence-electron chi connectivity index (χ1n) is 20.1. The highest BCUT2D eigenvalue weighted by molar-refractivity contribution is 6.16. The molecule has 10 aromatic rings. The molecule has 0 N–H and O–H groups in total. The van der Waals surface area contributed by atoms with Crippen molar-refractivity contribution in [1.82, 2.24) is 4.57 Å². The molecule has 1 heterocycles. The highest BCUT2D eigenvalue weighted by Crippen LogP contribution is 2.54. The molecule has 1 atom stereocenters. The monoisotopic (exact) mass is 725 g/mol. The van der Waals surface area contributed by atoms with E-state index < -0.39 is 0 Å². The molecule has 2 aliphatic rings. The van der Waals surface area contributed by atoms with Gasteiger partial charge in [0.2, 0.25) is 0 Å². The van der Waals surface area contributed by atoms with Crippen molar-refractivity contribution < 1.29 is 0 Å². The smallest absolute Gasteiger partial charge is 0.0544 e. The topological polar surface area (TPSA) is 4.93 Å². The Kier molecular flexibility index (Phi) is 6.81. The van der Waals surface area contributed by atoms with Crippen molar-refractivity contribution in [2.24, 2.45) is 0 Å². The number of hydrogen-bond acceptors (Lipinski definition) is 0. The maximum Gasteiger partial charge on any atom is 0.0544 e. The van der Waals surface area contributed by atoms with Gasteiger partial charge >= 0.3 is 0 Å². The molecule has 12 rings (SSSR count). The quantitative estimate of drug-likeness (QED) is 0.170. The normalized spacial score (nSPS) is 14.8. The van der Waals surface area contributed by atoms with Crippen LogP contribution in [0.2, 0.25) is 0 Å². The van der Waals surface area contributed by atoms with Gasteiger partial charge in [-0.25, -0.2) is 0 Å². The molecule has 1 unspecified atom stereocenters. The van der Waals surface area contributed by atoms with Crippen LogP contribution < -0.4 is 0 Å². The Morgan fingerprint density at radius 3 is 2.00 bits per heavy atom. The van der Waals surface area contributed by atoms with Crippen LogP contribution in [0.15, 0.2) is 194 Å². The molecule has 0 fully saturated rings. The van der Waals surface area contributed by atoms with E-state index in [0.29, 0.717) is 0 Å². The molecule has 0 spiro atoms. The van der Waals surface area contributed by atoms with Crippen LogP contribution in [0.25, 0.3) is 82.8 Å². The summed E-state index contributed by atoms with van der Waals surface area (Å²) in [6.07, 6.45) is 0. The Labute approximate surface area is 333 Å². The van der Waals surface area contributed by atoms with Crippen LogP contribution in [0.4, 0.5) is 0 Å². The molecule has 268 valence electrons. The zero-order chi connectivity index (χ0) is 37.8. The van der Waals surface area contributed by atoms with Gasteiger partial charge in [-0.1, -0.05) is 178 Å². The third-order valence-corrected chi connectivity index (χ3v) is 13.0. The largest absolute Gasteiger partial charge is 0.309 e. The van der Waals surface area contributed by atoms with Crippen molar-refractivity contribution in [1.29, 1.82) is 0 Å². The van der Waals surface area contributed by atoms with Gasteiger partial charge in [0, 0.05) is 27.5 Å². The van der Waals surface area contributed by atoms with Gasteiger partial charge in [-0.05, 0) is 108 Å². The Morgan fingerprint density at radius 1 is 0.421 bits per heavy atom. The molecule has 2 aliphatic carbocycles. The van der Waals surface area contributed by atoms with Crippen molar-refractivity contribution >= 4 is 32.6 Å². The molecule has 0 saturated carbocycles. The lowest BCUT2D eigenvalue weighted by atomic mass is 9.80. The Hall–Kier alpha value is -6.96. The molecule has 0 bridgehead atoms. The number of aromatic nitrogens is 1. The standard InChI is InChI=1S/C56H39N/c1-56(2)49-24-11-10-22-43(49)46-29-31-52-54(55(46)56)48-34-39(27-30-51(48)57(52)50-25-13-17-36-16-6-7-20-41(36)50)38-26-28-45-47(33-38)42-21-8-9-23-44(42)53(45)40-19-12-18-37(32-40)35-14-4-3-5-15-35/h3-34,53H,1-2H3. The molecule has 1 aromatic heterocycles. The highest BCUT2D eigenvalue weighted by Gasteiger charge is 2.38. The molecule has 0 amide bonds. The van der Waals surface area contributed by atoms with Crippen LogP contribution in [-0.2, 0) is 5.41 Å². The van der Waals surface area contributed by atoms with E-state index >= 15 is 0 Å². The van der Waals surface area contributed by atoms with Crippen molar-refractivity contribution in [3.05, 3.63) is 222 Å². The first kappa shape index (κ1) is 32.3. The minimum Gasteiger partial charge on any atom is -0.309 e. The second-order valence-corrected chi connectivity index (χ2v) is 16.4. The maximum atomic E-state index is 2.52. The van der Waals surface area contributed by atoms with Crippen molar-refractivity contribution in [2.45, 2.75) is 25.2 Å². The van der Waals surface area contributed by atoms with Gasteiger partial charge in [-0.2, -0.15) is 0 Å². The lowest BCUT2D eigenvalue weighted by Gasteiger charge is -2.22. The van der Waals surface area contributed by atoms with Gasteiger partial charge in [-0.15, -0.1) is 0 Å². The average Bonchev–Trinajstić information content (AvgIpc) is 3.86. The number of rotatable bonds is 4. The minimum absolute atomic E-state index is 0.149. The number of benzene rings is 9. The summed E-state index contributed by atoms with van der Waals surface area (Å²) in [5, 5.41) is 5.15. The lowest BCUT2D eigenvalue weighted by Crippen LogP contribution is -2.15. The molecule has 1 heteroatoms. The Balaban J connectivity index is 1.07. The fourth-order valence-corrected chi connectivity index (χ4v) is 10.5. The molecule has 57 heavy (non-hydrogen) atoms. The van der Waals surface area contributed by atoms with Crippen LogP contribution in [0, 0.1) is 0 Å². The number of fused-ring (bicyclic) bond motifs is 11. The van der Waals surface area contributed by atoms with Crippen LogP contribution in [0.5, 0.6) is 0 Å². The zero-order valence-corrected chi connectivity index (χ0v) is 32.0. The molecular formula is C56H39N. The summed E-state index contributed by atoms with van der Waals surface area (Å²) in [4.78, 5) is 0. The second-order valence-electron chi connectivity index (χ2n) is 16.4. The summed E-state index contributed by atoms with van der Waals surface area (Å²) in [5.41, 5.74) is 20.8. The van der Waals surface area contributed by atoms with E-state index in [1.54, 1.807) is 0 Å². The van der Waals surface area contributed by atoms with Gasteiger partial charge < -0.3 is 4.57 Å². The van der Waals surface area contributed by atoms with Crippen molar-refractivity contribution in [3.63, 3.8) is 0 Å². The SMILES string of the molecule is CC1(C)c2ccccc2-c2ccc3c(c21)c1cc(-c2ccc4c(c2)-c2ccccc2C4c2cccc(-c4ccccc4)c2)ccc1n3-c1cccc2ccccc12. The summed E-state index contributed by atoms with van der Waals surface area (Å²) < 4.78 is 2.52. The van der Waals surface area contributed by atoms with Gasteiger partial charge in [0.25, 0.3) is 0 Å². The van der Waals surface area contributed by atoms with Crippen LogP contribution in [0.3, 0.4) is 0 Å². The van der Waals surface area contributed by atoms with Crippen molar-refractivity contribution in [2.75, 3.05) is 0 Å². The predicted octanol–water partition coefficient (Wildman–Crippen LogP) is 14.7. The van der Waals surface area contributed by atoms with Gasteiger partial charge in [0.1, 0.15) is 0 Å². The van der Waals surface area contributed by atoms with Crippen LogP contribution in [0.1, 0.15) is 47.6 Å². The molecule has 9 aromatic carbocycles. The maximum absolute atomic E-state index is 2.52. The summed E-state index contributed by atoms with van der Waals surface area (Å²) in [6.45, 7) is 4.82. The average molecular weight is 726 g/mol. The van der Waals surface area contributed by atoms with E-state index in [1.165, 1.54) is 111 Å². The predicted molar refractivity (Wildman–Crippen MR) is 240 cm³/mol. The van der Waals surface area contributed by atoms with Gasteiger partial charge in [0.05, 0.1) is 16.7 Å². The molecule has 1 nitrogen and oxygen atoms in total. The fourth-order valence-electron chi connectivity index (χ4n) is 10.5. The van der Waals surface area contributed by atoms with Gasteiger partial charge in [-0.3, -0.25) is 0 Å². The summed E-state index contributed by atoms with van der Waals surface area (Å²) in [6, 6.07) is 72.5. The highest BCUT2D eigenvalue weighted by atomic mass is 15.0. The first-order valence-corrected chi connectivity index (χ1v) is 20.1. The third kappa shape index (κ3) is 4.63. The zero-order valence-electron chi connectivity index (χ0n) is 32.0. The van der Waals surface area contributed by atoms with Crippen LogP contribution in [-0.4, -0.2) is 4.57 Å². The number of nitrogens with zero attached hydrogens (tertiary/aromatic N) is 1. The third-order valence-electron chi connectivity index (χ3n) is 13.0. The summed E-state index contributed by atoms with van der Waals surface area (Å²) in [7, 11) is 0. The van der Waals surface area contributed by atoms with E-state index in [-0.39, 0.29) is 11.3 Å². The summed E-state index contributed by atoms with van der Waals surface area (Å²) in [5.74, 6) is 0.182. The fraction of sp³-hybridized carbons (Fsp3) is 0.0714. The van der Waals surface area contributed by atoms with Crippen molar-refractivity contribution in [3.8, 4) is 50.2 Å². The number of hydrogen-bond donors (Lipinski definition) is 0. The second kappa shape index (κ2) is 12.0. The minimum atomic E-state index is -0.149. The van der Waals surface area contributed by atoms with E-state index in [2.05, 4.69) is 213 Å². The van der Waals surface area contributed by atoms with E-state index in [4.69, 9.17) is 0 Å². The van der Waals surface area contributed by atoms with E-state index in [0.717, 1.165) is 0 Å². The Bertz CT molecular complexity index is 3260. The molecular weight excluding hydrogens is 687 g/mol. The molecule has 0 saturated heterocycles.